The van der Waals surface area contributed by atoms with Crippen LogP contribution in [0.1, 0.15) is 52.2 Å². The molecule has 2 aliphatic rings. The van der Waals surface area contributed by atoms with Gasteiger partial charge in [-0.1, -0.05) is 26.0 Å². The normalized spacial score (nSPS) is 19.8. The molecule has 1 aliphatic carbocycles. The number of non-ortho nitro benzene ring substituents is 1. The highest BCUT2D eigenvalue weighted by Gasteiger charge is 2.44. The molecule has 1 N–H and O–H groups in total. The molecule has 4 rings (SSSR count). The molecular weight excluding hydrogens is 424 g/mol. The molecule has 1 atom stereocenters. The van der Waals surface area contributed by atoms with Gasteiger partial charge in [0.15, 0.2) is 5.78 Å². The van der Waals surface area contributed by atoms with Crippen molar-refractivity contribution >= 4 is 17.4 Å². The Bertz CT molecular complexity index is 1220. The molecule has 0 saturated heterocycles. The van der Waals surface area contributed by atoms with E-state index in [2.05, 4.69) is 5.32 Å². The van der Waals surface area contributed by atoms with E-state index in [1.807, 2.05) is 13.8 Å². The molecule has 1 aromatic heterocycles. The molecule has 0 bridgehead atoms. The lowest BCUT2D eigenvalue weighted by molar-refractivity contribution is -0.384. The number of ketones is 1. The number of carbonyl (C=O) groups is 2. The number of Topliss-reactive ketones (excluding diaryl/α,β-unsaturated/α-hetero) is 1. The van der Waals surface area contributed by atoms with Crippen LogP contribution >= 0.6 is 0 Å². The third-order valence-electron chi connectivity index (χ3n) is 5.99. The summed E-state index contributed by atoms with van der Waals surface area (Å²) < 4.78 is 11.4. The molecule has 8 nitrogen and oxygen atoms in total. The van der Waals surface area contributed by atoms with Gasteiger partial charge in [-0.25, -0.2) is 4.79 Å². The number of esters is 1. The fraction of sp³-hybridized carbons (Fsp3) is 0.360. The molecule has 0 amide bonds. The largest absolute Gasteiger partial charge is 0.463 e. The Labute approximate surface area is 191 Å². The SMILES string of the molecule is CCOC(=O)C1=C(C)NC2=C(C(=O)CC(C)(C)C2)[C@H]1c1ccc(-c2cccc([N+](=O)[O-])c2)o1. The zero-order valence-electron chi connectivity index (χ0n) is 19.1. The van der Waals surface area contributed by atoms with Crippen LogP contribution in [0.3, 0.4) is 0 Å². The van der Waals surface area contributed by atoms with E-state index in [9.17, 15) is 19.7 Å². The van der Waals surface area contributed by atoms with Gasteiger partial charge >= 0.3 is 5.97 Å². The molecule has 2 aromatic rings. The number of rotatable bonds is 5. The van der Waals surface area contributed by atoms with Gasteiger partial charge in [0.1, 0.15) is 11.5 Å². The van der Waals surface area contributed by atoms with Crippen LogP contribution in [0.15, 0.2) is 63.4 Å². The first kappa shape index (κ1) is 22.5. The van der Waals surface area contributed by atoms with Gasteiger partial charge in [0.25, 0.3) is 5.69 Å². The van der Waals surface area contributed by atoms with Crippen LogP contribution in [-0.4, -0.2) is 23.3 Å². The summed E-state index contributed by atoms with van der Waals surface area (Å²) >= 11 is 0. The van der Waals surface area contributed by atoms with Crippen molar-refractivity contribution in [3.8, 4) is 11.3 Å². The molecular formula is C25H26N2O6. The van der Waals surface area contributed by atoms with Gasteiger partial charge < -0.3 is 14.5 Å². The van der Waals surface area contributed by atoms with Crippen molar-refractivity contribution in [2.75, 3.05) is 6.61 Å². The molecule has 0 saturated carbocycles. The minimum Gasteiger partial charge on any atom is -0.463 e. The predicted molar refractivity (Wildman–Crippen MR) is 121 cm³/mol. The first-order valence-corrected chi connectivity index (χ1v) is 10.9. The van der Waals surface area contributed by atoms with Gasteiger partial charge in [-0.15, -0.1) is 0 Å². The summed E-state index contributed by atoms with van der Waals surface area (Å²) in [5, 5.41) is 14.4. The summed E-state index contributed by atoms with van der Waals surface area (Å²) in [5.74, 6) is -0.428. The number of hydrogen-bond donors (Lipinski definition) is 1. The lowest BCUT2D eigenvalue weighted by Gasteiger charge is -2.38. The molecule has 0 spiro atoms. The van der Waals surface area contributed by atoms with Crippen LogP contribution < -0.4 is 5.32 Å². The summed E-state index contributed by atoms with van der Waals surface area (Å²) in [7, 11) is 0. The van der Waals surface area contributed by atoms with Gasteiger partial charge in [-0.05, 0) is 37.8 Å². The van der Waals surface area contributed by atoms with E-state index in [-0.39, 0.29) is 23.5 Å². The first-order chi connectivity index (χ1) is 15.6. The van der Waals surface area contributed by atoms with Crippen LogP contribution in [0.2, 0.25) is 0 Å². The Balaban J connectivity index is 1.83. The predicted octanol–water partition coefficient (Wildman–Crippen LogP) is 5.02. The van der Waals surface area contributed by atoms with E-state index < -0.39 is 16.8 Å². The molecule has 1 aromatic carbocycles. The van der Waals surface area contributed by atoms with E-state index in [4.69, 9.17) is 9.15 Å². The summed E-state index contributed by atoms with van der Waals surface area (Å²) in [6.07, 6.45) is 1.02. The smallest absolute Gasteiger partial charge is 0.336 e. The van der Waals surface area contributed by atoms with Gasteiger partial charge in [-0.3, -0.25) is 14.9 Å². The minimum atomic E-state index is -0.712. The van der Waals surface area contributed by atoms with Crippen molar-refractivity contribution in [2.45, 2.75) is 46.5 Å². The van der Waals surface area contributed by atoms with Crippen molar-refractivity contribution in [3.05, 3.63) is 74.8 Å². The Kier molecular flexibility index (Phi) is 5.69. The first-order valence-electron chi connectivity index (χ1n) is 10.9. The lowest BCUT2D eigenvalue weighted by atomic mass is 9.69. The second-order valence-electron chi connectivity index (χ2n) is 9.16. The zero-order valence-corrected chi connectivity index (χ0v) is 19.1. The van der Waals surface area contributed by atoms with Gasteiger partial charge in [0.05, 0.1) is 23.0 Å². The number of dihydropyridines is 1. The van der Waals surface area contributed by atoms with Crippen molar-refractivity contribution in [3.63, 3.8) is 0 Å². The topological polar surface area (TPSA) is 112 Å². The third kappa shape index (κ3) is 4.20. The van der Waals surface area contributed by atoms with E-state index in [1.54, 1.807) is 38.1 Å². The Morgan fingerprint density at radius 3 is 2.73 bits per heavy atom. The second-order valence-corrected chi connectivity index (χ2v) is 9.16. The molecule has 1 aliphatic heterocycles. The number of furan rings is 1. The van der Waals surface area contributed by atoms with Crippen LogP contribution in [-0.2, 0) is 14.3 Å². The van der Waals surface area contributed by atoms with Gasteiger partial charge in [-0.2, -0.15) is 0 Å². The van der Waals surface area contributed by atoms with E-state index in [0.717, 1.165) is 5.70 Å². The number of nitrogens with zero attached hydrogens (tertiary/aromatic N) is 1. The quantitative estimate of drug-likeness (QED) is 0.387. The maximum atomic E-state index is 13.3. The fourth-order valence-corrected chi connectivity index (χ4v) is 4.64. The van der Waals surface area contributed by atoms with Crippen molar-refractivity contribution in [2.24, 2.45) is 5.41 Å². The standard InChI is InChI=1S/C25H26N2O6/c1-5-32-24(29)21-14(2)26-17-12-25(3,4)13-18(28)22(17)23(21)20-10-9-19(33-20)15-7-6-8-16(11-15)27(30)31/h6-11,23,26H,5,12-13H2,1-4H3/t23-/m0/s1. The zero-order chi connectivity index (χ0) is 23.9. The second kappa shape index (κ2) is 8.35. The van der Waals surface area contributed by atoms with Crippen LogP contribution in [0.4, 0.5) is 5.69 Å². The van der Waals surface area contributed by atoms with Crippen molar-refractivity contribution < 1.29 is 23.7 Å². The monoisotopic (exact) mass is 450 g/mol. The number of ether oxygens (including phenoxy) is 1. The van der Waals surface area contributed by atoms with Crippen molar-refractivity contribution in [1.82, 2.24) is 5.32 Å². The van der Waals surface area contributed by atoms with Crippen LogP contribution in [0.5, 0.6) is 0 Å². The highest BCUT2D eigenvalue weighted by molar-refractivity contribution is 6.04. The molecule has 0 unspecified atom stereocenters. The van der Waals surface area contributed by atoms with E-state index >= 15 is 0 Å². The summed E-state index contributed by atoms with van der Waals surface area (Å²) in [4.78, 5) is 36.9. The van der Waals surface area contributed by atoms with E-state index in [1.165, 1.54) is 12.1 Å². The maximum absolute atomic E-state index is 13.3. The number of benzene rings is 1. The molecule has 2 heterocycles. The van der Waals surface area contributed by atoms with Crippen LogP contribution in [0, 0.1) is 15.5 Å². The third-order valence-corrected chi connectivity index (χ3v) is 5.99. The average molecular weight is 450 g/mol. The maximum Gasteiger partial charge on any atom is 0.336 e. The molecule has 8 heteroatoms. The Hall–Kier alpha value is -3.68. The average Bonchev–Trinajstić information content (AvgIpc) is 3.22. The fourth-order valence-electron chi connectivity index (χ4n) is 4.64. The minimum absolute atomic E-state index is 0.0404. The number of carbonyl (C=O) groups excluding carboxylic acids is 2. The van der Waals surface area contributed by atoms with E-state index in [0.29, 0.717) is 46.8 Å². The van der Waals surface area contributed by atoms with Crippen molar-refractivity contribution in [1.29, 1.82) is 0 Å². The molecule has 0 fully saturated rings. The highest BCUT2D eigenvalue weighted by atomic mass is 16.6. The number of nitro groups is 1. The van der Waals surface area contributed by atoms with Gasteiger partial charge in [0.2, 0.25) is 0 Å². The lowest BCUT2D eigenvalue weighted by Crippen LogP contribution is -2.38. The Morgan fingerprint density at radius 1 is 1.27 bits per heavy atom. The number of nitrogens with one attached hydrogen (secondary N) is 1. The van der Waals surface area contributed by atoms with Gasteiger partial charge in [0, 0.05) is 41.1 Å². The Morgan fingerprint density at radius 2 is 2.03 bits per heavy atom. The summed E-state index contributed by atoms with van der Waals surface area (Å²) in [6, 6.07) is 9.55. The highest BCUT2D eigenvalue weighted by Crippen LogP contribution is 2.47. The molecule has 0 radical (unpaired) electrons. The number of hydrogen-bond acceptors (Lipinski definition) is 7. The number of allylic oxidation sites excluding steroid dienone is 3. The molecule has 172 valence electrons. The summed E-state index contributed by atoms with van der Waals surface area (Å²) in [6.45, 7) is 7.80. The number of nitro benzene ring substituents is 1. The molecule has 33 heavy (non-hydrogen) atoms. The van der Waals surface area contributed by atoms with Crippen LogP contribution in [0.25, 0.3) is 11.3 Å². The summed E-state index contributed by atoms with van der Waals surface area (Å²) in [5.41, 5.74) is 2.55.